The Kier molecular flexibility index (Phi) is 6.32. The number of fused-ring (bicyclic) bond motifs is 1. The lowest BCUT2D eigenvalue weighted by Crippen LogP contribution is -2.19. The number of aromatic nitrogens is 4. The molecule has 1 aliphatic heterocycles. The molecule has 0 unspecified atom stereocenters. The normalized spacial score (nSPS) is 14.6. The van der Waals surface area contributed by atoms with E-state index < -0.39 is 0 Å². The van der Waals surface area contributed by atoms with Crippen molar-refractivity contribution in [1.29, 1.82) is 0 Å². The fraction of sp³-hybridized carbons (Fsp3) is 0.400. The van der Waals surface area contributed by atoms with Crippen LogP contribution in [0.25, 0.3) is 16.9 Å². The number of carbonyl (C=O) groups excluding carboxylic acids is 1. The molecule has 0 bridgehead atoms. The van der Waals surface area contributed by atoms with Crippen LogP contribution in [-0.4, -0.2) is 56.1 Å². The number of hydrogen-bond acceptors (Lipinski definition) is 7. The van der Waals surface area contributed by atoms with Crippen LogP contribution in [0.3, 0.4) is 0 Å². The summed E-state index contributed by atoms with van der Waals surface area (Å²) in [5.41, 5.74) is 3.64. The number of likely N-dealkylation sites (tertiary alicyclic amines) is 1. The smallest absolute Gasteiger partial charge is 0.316 e. The molecular weight excluding hydrogens is 410 g/mol. The number of carbonyl (C=O) groups is 1. The fourth-order valence-corrected chi connectivity index (χ4v) is 4.23. The monoisotopic (exact) mass is 431 g/mol. The molecule has 0 atom stereocenters. The van der Waals surface area contributed by atoms with Gasteiger partial charge in [-0.2, -0.15) is 9.61 Å². The Labute approximate surface area is 178 Å². The zero-order valence-electron chi connectivity index (χ0n) is 16.2. The maximum Gasteiger partial charge on any atom is 0.316 e. The molecule has 4 rings (SSSR count). The first-order valence-corrected chi connectivity index (χ1v) is 11.0. The molecule has 1 fully saturated rings. The summed E-state index contributed by atoms with van der Waals surface area (Å²) in [6, 6.07) is 9.71. The Bertz CT molecular complexity index is 1000. The summed E-state index contributed by atoms with van der Waals surface area (Å²) in [6.45, 7) is 5.16. The molecule has 0 saturated carbocycles. The molecule has 0 radical (unpaired) electrons. The Morgan fingerprint density at radius 3 is 2.69 bits per heavy atom. The SMILES string of the molecule is CCOC(=O)CSc1nnc2cc(CN3CCCC3)c(-c3ccc(Cl)cc3)nn12. The zero-order valence-corrected chi connectivity index (χ0v) is 17.7. The molecular formula is C20H22ClN5O2S. The van der Waals surface area contributed by atoms with Crippen LogP contribution in [0.1, 0.15) is 25.3 Å². The van der Waals surface area contributed by atoms with Crippen molar-refractivity contribution in [1.82, 2.24) is 24.7 Å². The Hall–Kier alpha value is -2.16. The van der Waals surface area contributed by atoms with Gasteiger partial charge in [0.25, 0.3) is 0 Å². The molecule has 0 aliphatic carbocycles. The van der Waals surface area contributed by atoms with E-state index >= 15 is 0 Å². The number of nitrogens with zero attached hydrogens (tertiary/aromatic N) is 5. The molecule has 7 nitrogen and oxygen atoms in total. The van der Waals surface area contributed by atoms with Gasteiger partial charge in [0.2, 0.25) is 5.16 Å². The summed E-state index contributed by atoms with van der Waals surface area (Å²) < 4.78 is 6.69. The second kappa shape index (κ2) is 9.11. The Morgan fingerprint density at radius 1 is 1.21 bits per heavy atom. The first-order chi connectivity index (χ1) is 14.1. The molecule has 3 aromatic rings. The predicted molar refractivity (Wildman–Crippen MR) is 113 cm³/mol. The molecule has 29 heavy (non-hydrogen) atoms. The number of rotatable bonds is 7. The van der Waals surface area contributed by atoms with E-state index in [1.807, 2.05) is 30.3 Å². The predicted octanol–water partition coefficient (Wildman–Crippen LogP) is 3.70. The number of halogens is 1. The third kappa shape index (κ3) is 4.71. The second-order valence-corrected chi connectivity index (χ2v) is 8.23. The largest absolute Gasteiger partial charge is 0.465 e. The van der Waals surface area contributed by atoms with E-state index in [2.05, 4.69) is 15.1 Å². The van der Waals surface area contributed by atoms with Crippen LogP contribution in [0.2, 0.25) is 5.02 Å². The molecule has 152 valence electrons. The van der Waals surface area contributed by atoms with Crippen molar-refractivity contribution < 1.29 is 9.53 Å². The summed E-state index contributed by atoms with van der Waals surface area (Å²) in [6.07, 6.45) is 2.46. The van der Waals surface area contributed by atoms with Gasteiger partial charge in [0.1, 0.15) is 0 Å². The highest BCUT2D eigenvalue weighted by atomic mass is 35.5. The van der Waals surface area contributed by atoms with Gasteiger partial charge >= 0.3 is 5.97 Å². The van der Waals surface area contributed by atoms with Gasteiger partial charge in [0.15, 0.2) is 5.65 Å². The van der Waals surface area contributed by atoms with Crippen molar-refractivity contribution in [3.8, 4) is 11.3 Å². The zero-order chi connectivity index (χ0) is 20.2. The number of benzene rings is 1. The summed E-state index contributed by atoms with van der Waals surface area (Å²) in [4.78, 5) is 14.1. The summed E-state index contributed by atoms with van der Waals surface area (Å²) >= 11 is 7.35. The highest BCUT2D eigenvalue weighted by molar-refractivity contribution is 7.99. The molecule has 9 heteroatoms. The first kappa shape index (κ1) is 20.1. The van der Waals surface area contributed by atoms with Gasteiger partial charge in [-0.3, -0.25) is 9.69 Å². The number of ether oxygens (including phenoxy) is 1. The van der Waals surface area contributed by atoms with Gasteiger partial charge < -0.3 is 4.74 Å². The van der Waals surface area contributed by atoms with Gasteiger partial charge in [-0.15, -0.1) is 10.2 Å². The lowest BCUT2D eigenvalue weighted by atomic mass is 10.1. The maximum atomic E-state index is 11.7. The van der Waals surface area contributed by atoms with E-state index in [9.17, 15) is 4.79 Å². The lowest BCUT2D eigenvalue weighted by molar-refractivity contribution is -0.139. The van der Waals surface area contributed by atoms with Crippen LogP contribution in [0.5, 0.6) is 0 Å². The lowest BCUT2D eigenvalue weighted by Gasteiger charge is -2.17. The van der Waals surface area contributed by atoms with Gasteiger partial charge in [0.05, 0.1) is 18.1 Å². The number of thioether (sulfide) groups is 1. The Balaban J connectivity index is 1.70. The van der Waals surface area contributed by atoms with Crippen LogP contribution in [-0.2, 0) is 16.1 Å². The van der Waals surface area contributed by atoms with Crippen molar-refractivity contribution in [3.63, 3.8) is 0 Å². The van der Waals surface area contributed by atoms with Gasteiger partial charge in [-0.25, -0.2) is 0 Å². The van der Waals surface area contributed by atoms with E-state index in [0.717, 1.165) is 36.5 Å². The van der Waals surface area contributed by atoms with E-state index in [4.69, 9.17) is 21.4 Å². The van der Waals surface area contributed by atoms with E-state index in [1.165, 1.54) is 24.6 Å². The van der Waals surface area contributed by atoms with Gasteiger partial charge in [-0.05, 0) is 56.6 Å². The van der Waals surface area contributed by atoms with Crippen molar-refractivity contribution >= 4 is 35.0 Å². The highest BCUT2D eigenvalue weighted by Gasteiger charge is 2.19. The van der Waals surface area contributed by atoms with Gasteiger partial charge in [-0.1, -0.05) is 35.5 Å². The van der Waals surface area contributed by atoms with Crippen LogP contribution in [0.15, 0.2) is 35.5 Å². The van der Waals surface area contributed by atoms with Crippen LogP contribution < -0.4 is 0 Å². The van der Waals surface area contributed by atoms with Crippen molar-refractivity contribution in [2.45, 2.75) is 31.5 Å². The van der Waals surface area contributed by atoms with Crippen LogP contribution in [0, 0.1) is 0 Å². The fourth-order valence-electron chi connectivity index (χ4n) is 3.42. The summed E-state index contributed by atoms with van der Waals surface area (Å²) in [5, 5.41) is 14.6. The molecule has 1 saturated heterocycles. The van der Waals surface area contributed by atoms with Crippen molar-refractivity contribution in [2.24, 2.45) is 0 Å². The number of hydrogen-bond donors (Lipinski definition) is 0. The molecule has 0 N–H and O–H groups in total. The van der Waals surface area contributed by atoms with E-state index in [1.54, 1.807) is 11.4 Å². The molecule has 1 aromatic carbocycles. The van der Waals surface area contributed by atoms with Crippen molar-refractivity contribution in [3.05, 3.63) is 40.9 Å². The van der Waals surface area contributed by atoms with Gasteiger partial charge in [0, 0.05) is 17.1 Å². The molecule has 2 aromatic heterocycles. The summed E-state index contributed by atoms with van der Waals surface area (Å²) in [5.74, 6) is -0.111. The van der Waals surface area contributed by atoms with Crippen LogP contribution >= 0.6 is 23.4 Å². The molecule has 0 amide bonds. The third-order valence-corrected chi connectivity index (χ3v) is 5.92. The highest BCUT2D eigenvalue weighted by Crippen LogP contribution is 2.27. The summed E-state index contributed by atoms with van der Waals surface area (Å²) in [7, 11) is 0. The molecule has 1 aliphatic rings. The Morgan fingerprint density at radius 2 is 1.97 bits per heavy atom. The van der Waals surface area contributed by atoms with Crippen molar-refractivity contribution in [2.75, 3.05) is 25.4 Å². The quantitative estimate of drug-likeness (QED) is 0.417. The first-order valence-electron chi connectivity index (χ1n) is 9.66. The van der Waals surface area contributed by atoms with E-state index in [0.29, 0.717) is 22.4 Å². The van der Waals surface area contributed by atoms with Crippen LogP contribution in [0.4, 0.5) is 0 Å². The number of esters is 1. The minimum atomic E-state index is -0.280. The molecule has 3 heterocycles. The topological polar surface area (TPSA) is 72.6 Å². The average Bonchev–Trinajstić information content (AvgIpc) is 3.36. The maximum absolute atomic E-state index is 11.7. The average molecular weight is 432 g/mol. The van der Waals surface area contributed by atoms with E-state index in [-0.39, 0.29) is 11.7 Å². The standard InChI is InChI=1S/C20H22ClN5O2S/c1-2-28-18(27)13-29-20-23-22-17-11-15(12-25-9-3-4-10-25)19(24-26(17)20)14-5-7-16(21)8-6-14/h5-8,11H,2-4,9-10,12-13H2,1H3. The second-order valence-electron chi connectivity index (χ2n) is 6.85. The third-order valence-electron chi connectivity index (χ3n) is 4.78. The minimum Gasteiger partial charge on any atom is -0.465 e. The molecule has 0 spiro atoms. The minimum absolute atomic E-state index is 0.169.